The van der Waals surface area contributed by atoms with Gasteiger partial charge in [-0.3, -0.25) is 4.79 Å². The topological polar surface area (TPSA) is 39.3 Å². The highest BCUT2D eigenvalue weighted by molar-refractivity contribution is 5.83. The number of rotatable bonds is 3. The largest absolute Gasteiger partial charge is 0.416 e. The van der Waals surface area contributed by atoms with Crippen LogP contribution >= 0.6 is 0 Å². The number of aryl methyl sites for hydroxylation is 2. The van der Waals surface area contributed by atoms with Crippen LogP contribution in [0.1, 0.15) is 23.7 Å². The SMILES string of the molecule is CCc1nn2c(=O)c(C)c(-c3ccc(C(F)(F)F)cc3)n(C)c2c1-c1ccc(F)cc1F. The number of fused-ring (bicyclic) bond motifs is 1. The lowest BCUT2D eigenvalue weighted by Gasteiger charge is -2.16. The number of nitrogens with zero attached hydrogens (tertiary/aromatic N) is 3. The fraction of sp³-hybridized carbons (Fsp3) is 0.217. The van der Waals surface area contributed by atoms with Crippen LogP contribution in [0.5, 0.6) is 0 Å². The quantitative estimate of drug-likeness (QED) is 0.387. The first kappa shape index (κ1) is 21.7. The number of hydrogen-bond donors (Lipinski definition) is 0. The zero-order valence-electron chi connectivity index (χ0n) is 17.4. The van der Waals surface area contributed by atoms with Gasteiger partial charge in [0.15, 0.2) is 0 Å². The lowest BCUT2D eigenvalue weighted by Crippen LogP contribution is -2.22. The predicted molar refractivity (Wildman–Crippen MR) is 110 cm³/mol. The van der Waals surface area contributed by atoms with Gasteiger partial charge in [-0.05, 0) is 43.2 Å². The molecular weight excluding hydrogens is 429 g/mol. The smallest absolute Gasteiger partial charge is 0.328 e. The molecule has 0 amide bonds. The van der Waals surface area contributed by atoms with Gasteiger partial charge in [0.2, 0.25) is 0 Å². The molecule has 0 bridgehead atoms. The Morgan fingerprint density at radius 3 is 2.25 bits per heavy atom. The molecule has 2 heterocycles. The molecule has 166 valence electrons. The van der Waals surface area contributed by atoms with Gasteiger partial charge in [-0.1, -0.05) is 19.1 Å². The minimum Gasteiger partial charge on any atom is -0.328 e. The van der Waals surface area contributed by atoms with Gasteiger partial charge in [-0.15, -0.1) is 0 Å². The Balaban J connectivity index is 2.06. The summed E-state index contributed by atoms with van der Waals surface area (Å²) in [5.74, 6) is -1.55. The maximum Gasteiger partial charge on any atom is 0.416 e. The van der Waals surface area contributed by atoms with Crippen LogP contribution in [0.4, 0.5) is 22.0 Å². The summed E-state index contributed by atoms with van der Waals surface area (Å²) in [5, 5.41) is 4.35. The lowest BCUT2D eigenvalue weighted by molar-refractivity contribution is -0.137. The second kappa shape index (κ2) is 7.58. The van der Waals surface area contributed by atoms with Crippen molar-refractivity contribution in [2.45, 2.75) is 26.4 Å². The number of halogens is 5. The maximum atomic E-state index is 14.7. The number of benzene rings is 2. The van der Waals surface area contributed by atoms with E-state index in [1.165, 1.54) is 18.2 Å². The Morgan fingerprint density at radius 1 is 1.03 bits per heavy atom. The monoisotopic (exact) mass is 447 g/mol. The van der Waals surface area contributed by atoms with Crippen LogP contribution in [0.3, 0.4) is 0 Å². The highest BCUT2D eigenvalue weighted by Crippen LogP contribution is 2.35. The molecule has 0 aliphatic carbocycles. The molecule has 0 spiro atoms. The van der Waals surface area contributed by atoms with Gasteiger partial charge in [-0.25, -0.2) is 8.78 Å². The third-order valence-electron chi connectivity index (χ3n) is 5.48. The van der Waals surface area contributed by atoms with Gasteiger partial charge < -0.3 is 4.57 Å². The third kappa shape index (κ3) is 3.37. The van der Waals surface area contributed by atoms with Crippen LogP contribution in [0.25, 0.3) is 28.0 Å². The summed E-state index contributed by atoms with van der Waals surface area (Å²) in [6, 6.07) is 7.61. The van der Waals surface area contributed by atoms with Crippen molar-refractivity contribution in [1.29, 1.82) is 0 Å². The van der Waals surface area contributed by atoms with E-state index in [9.17, 15) is 26.7 Å². The average Bonchev–Trinajstić information content (AvgIpc) is 3.12. The first-order valence-electron chi connectivity index (χ1n) is 9.78. The summed E-state index contributed by atoms with van der Waals surface area (Å²) in [6.07, 6.45) is -4.11. The summed E-state index contributed by atoms with van der Waals surface area (Å²) in [5.41, 5.74) is 0.868. The second-order valence-electron chi connectivity index (χ2n) is 7.45. The molecule has 0 atom stereocenters. The molecular formula is C23H18F5N3O. The van der Waals surface area contributed by atoms with E-state index >= 15 is 0 Å². The fourth-order valence-electron chi connectivity index (χ4n) is 3.96. The van der Waals surface area contributed by atoms with Crippen LogP contribution in [-0.2, 0) is 19.6 Å². The van der Waals surface area contributed by atoms with Crippen molar-refractivity contribution in [3.63, 3.8) is 0 Å². The van der Waals surface area contributed by atoms with E-state index in [0.29, 0.717) is 28.9 Å². The van der Waals surface area contributed by atoms with E-state index in [0.717, 1.165) is 28.8 Å². The van der Waals surface area contributed by atoms with Gasteiger partial charge in [-0.2, -0.15) is 22.8 Å². The van der Waals surface area contributed by atoms with Crippen LogP contribution < -0.4 is 5.56 Å². The number of alkyl halides is 3. The van der Waals surface area contributed by atoms with Gasteiger partial charge in [0.25, 0.3) is 5.56 Å². The molecule has 0 aliphatic heterocycles. The Morgan fingerprint density at radius 2 is 1.69 bits per heavy atom. The van der Waals surface area contributed by atoms with Gasteiger partial charge in [0.05, 0.1) is 22.5 Å². The van der Waals surface area contributed by atoms with Crippen molar-refractivity contribution in [2.75, 3.05) is 0 Å². The first-order chi connectivity index (χ1) is 15.0. The molecule has 4 rings (SSSR count). The molecule has 0 saturated heterocycles. The van der Waals surface area contributed by atoms with Crippen molar-refractivity contribution >= 4 is 5.65 Å². The van der Waals surface area contributed by atoms with Crippen LogP contribution in [0.15, 0.2) is 47.3 Å². The molecule has 0 fully saturated rings. The number of aromatic nitrogens is 3. The normalized spacial score (nSPS) is 12.0. The molecule has 0 unspecified atom stereocenters. The molecule has 0 aliphatic rings. The zero-order valence-corrected chi connectivity index (χ0v) is 17.4. The van der Waals surface area contributed by atoms with Crippen molar-refractivity contribution < 1.29 is 22.0 Å². The van der Waals surface area contributed by atoms with Crippen molar-refractivity contribution in [2.24, 2.45) is 7.05 Å². The standard InChI is InChI=1S/C23H18F5N3O/c1-4-18-19(16-10-9-15(24)11-17(16)25)21-30(3)20(12(2)22(32)31(21)29-18)13-5-7-14(8-6-13)23(26,27)28/h5-11H,4H2,1-3H3. The third-order valence-corrected chi connectivity index (χ3v) is 5.48. The molecule has 32 heavy (non-hydrogen) atoms. The molecule has 0 saturated carbocycles. The first-order valence-corrected chi connectivity index (χ1v) is 9.78. The van der Waals surface area contributed by atoms with E-state index in [1.54, 1.807) is 25.5 Å². The molecule has 2 aromatic heterocycles. The van der Waals surface area contributed by atoms with Crippen LogP contribution in [-0.4, -0.2) is 14.2 Å². The summed E-state index contributed by atoms with van der Waals surface area (Å²) >= 11 is 0. The Kier molecular flexibility index (Phi) is 5.15. The van der Waals surface area contributed by atoms with E-state index in [4.69, 9.17) is 0 Å². The van der Waals surface area contributed by atoms with Crippen molar-refractivity contribution in [1.82, 2.24) is 14.2 Å². The minimum atomic E-state index is -4.49. The zero-order chi connectivity index (χ0) is 23.4. The summed E-state index contributed by atoms with van der Waals surface area (Å²) in [6.45, 7) is 3.35. The summed E-state index contributed by atoms with van der Waals surface area (Å²) in [7, 11) is 1.63. The molecule has 9 heteroatoms. The Hall–Kier alpha value is -3.49. The predicted octanol–water partition coefficient (Wildman–Crippen LogP) is 5.53. The molecule has 4 aromatic rings. The van der Waals surface area contributed by atoms with Gasteiger partial charge >= 0.3 is 6.18 Å². The summed E-state index contributed by atoms with van der Waals surface area (Å²) in [4.78, 5) is 13.1. The molecule has 4 nitrogen and oxygen atoms in total. The van der Waals surface area contributed by atoms with Crippen LogP contribution in [0, 0.1) is 18.6 Å². The maximum absolute atomic E-state index is 14.7. The average molecular weight is 447 g/mol. The lowest BCUT2D eigenvalue weighted by atomic mass is 10.0. The highest BCUT2D eigenvalue weighted by atomic mass is 19.4. The second-order valence-corrected chi connectivity index (χ2v) is 7.45. The summed E-state index contributed by atoms with van der Waals surface area (Å²) < 4.78 is 69.8. The minimum absolute atomic E-state index is 0.0791. The molecule has 0 radical (unpaired) electrons. The molecule has 0 N–H and O–H groups in total. The van der Waals surface area contributed by atoms with Crippen molar-refractivity contribution in [3.05, 3.63) is 81.3 Å². The van der Waals surface area contributed by atoms with E-state index in [-0.39, 0.29) is 16.8 Å². The van der Waals surface area contributed by atoms with Crippen molar-refractivity contribution in [3.8, 4) is 22.4 Å². The Labute approximate surface area is 179 Å². The van der Waals surface area contributed by atoms with Gasteiger partial charge in [0.1, 0.15) is 17.3 Å². The molecule has 2 aromatic carbocycles. The van der Waals surface area contributed by atoms with Crippen LogP contribution in [0.2, 0.25) is 0 Å². The Bertz CT molecular complexity index is 1400. The number of hydrogen-bond acceptors (Lipinski definition) is 2. The highest BCUT2D eigenvalue weighted by Gasteiger charge is 2.30. The van der Waals surface area contributed by atoms with E-state index in [1.807, 2.05) is 0 Å². The fourth-order valence-corrected chi connectivity index (χ4v) is 3.96. The van der Waals surface area contributed by atoms with Gasteiger partial charge in [0, 0.05) is 24.2 Å². The van der Waals surface area contributed by atoms with E-state index in [2.05, 4.69) is 5.10 Å². The van der Waals surface area contributed by atoms with E-state index < -0.39 is 28.9 Å².